The average molecular weight is 357 g/mol. The van der Waals surface area contributed by atoms with Crippen LogP contribution in [-0.2, 0) is 0 Å². The van der Waals surface area contributed by atoms with Crippen molar-refractivity contribution in [3.05, 3.63) is 35.2 Å². The maximum Gasteiger partial charge on any atom is 0.168 e. The van der Waals surface area contributed by atoms with Crippen molar-refractivity contribution in [2.45, 2.75) is 53.6 Å². The van der Waals surface area contributed by atoms with Crippen LogP contribution in [0, 0.1) is 19.8 Å². The number of hydrogen-bond donors (Lipinski definition) is 0. The number of rotatable bonds is 5. The minimum atomic E-state index is 0.258. The highest BCUT2D eigenvalue weighted by molar-refractivity contribution is 5.55. The maximum atomic E-state index is 4.38. The van der Waals surface area contributed by atoms with E-state index in [9.17, 15) is 0 Å². The summed E-state index contributed by atoms with van der Waals surface area (Å²) in [5, 5.41) is 12.6. The first-order chi connectivity index (χ1) is 12.4. The number of hydrogen-bond acceptors (Lipinski definition) is 5. The molecule has 0 unspecified atom stereocenters. The number of nitrogens with zero attached hydrogens (tertiary/aromatic N) is 6. The molecule has 0 radical (unpaired) electrons. The van der Waals surface area contributed by atoms with Gasteiger partial charge in [-0.2, -0.15) is 0 Å². The lowest BCUT2D eigenvalue weighted by Crippen LogP contribution is -2.49. The average Bonchev–Trinajstić information content (AvgIpc) is 3.07. The van der Waals surface area contributed by atoms with Gasteiger partial charge in [0.25, 0.3) is 0 Å². The number of benzene rings is 1. The second kappa shape index (κ2) is 7.74. The van der Waals surface area contributed by atoms with Gasteiger partial charge >= 0.3 is 0 Å². The summed E-state index contributed by atoms with van der Waals surface area (Å²) in [6, 6.07) is 7.26. The van der Waals surface area contributed by atoms with Gasteiger partial charge in [0.1, 0.15) is 0 Å². The Morgan fingerprint density at radius 2 is 1.65 bits per heavy atom. The standard InChI is InChI=1S/C20H32N6/c1-14(2)19(20-21-22-23-26(20)15(3)4)25-11-9-24(10-12-25)18-13-16(5)7-8-17(18)6/h7-8,13-15,19H,9-12H2,1-6H3/t19-/m0/s1. The van der Waals surface area contributed by atoms with E-state index in [0.717, 1.165) is 32.0 Å². The molecule has 2 aromatic rings. The summed E-state index contributed by atoms with van der Waals surface area (Å²) in [5.41, 5.74) is 4.05. The van der Waals surface area contributed by atoms with Gasteiger partial charge in [-0.05, 0) is 61.2 Å². The second-order valence-electron chi connectivity index (χ2n) is 8.08. The molecule has 26 heavy (non-hydrogen) atoms. The molecule has 1 aliphatic heterocycles. The molecule has 6 nitrogen and oxygen atoms in total. The lowest BCUT2D eigenvalue weighted by atomic mass is 10.00. The van der Waals surface area contributed by atoms with Crippen LogP contribution in [0.4, 0.5) is 5.69 Å². The lowest BCUT2D eigenvalue weighted by molar-refractivity contribution is 0.133. The van der Waals surface area contributed by atoms with Crippen molar-refractivity contribution in [2.75, 3.05) is 31.1 Å². The fourth-order valence-corrected chi connectivity index (χ4v) is 3.95. The highest BCUT2D eigenvalue weighted by atomic mass is 15.6. The first-order valence-electron chi connectivity index (χ1n) is 9.72. The Morgan fingerprint density at radius 3 is 2.27 bits per heavy atom. The normalized spacial score (nSPS) is 17.3. The third-order valence-corrected chi connectivity index (χ3v) is 5.32. The van der Waals surface area contributed by atoms with E-state index >= 15 is 0 Å². The zero-order valence-electron chi connectivity index (χ0n) is 17.0. The van der Waals surface area contributed by atoms with Crippen LogP contribution in [0.25, 0.3) is 0 Å². The van der Waals surface area contributed by atoms with Crippen molar-refractivity contribution < 1.29 is 0 Å². The fraction of sp³-hybridized carbons (Fsp3) is 0.650. The van der Waals surface area contributed by atoms with E-state index in [2.05, 4.69) is 85.1 Å². The van der Waals surface area contributed by atoms with Crippen molar-refractivity contribution in [3.63, 3.8) is 0 Å². The van der Waals surface area contributed by atoms with Crippen LogP contribution in [0.5, 0.6) is 0 Å². The quantitative estimate of drug-likeness (QED) is 0.822. The molecule has 0 N–H and O–H groups in total. The molecule has 0 spiro atoms. The van der Waals surface area contributed by atoms with Crippen molar-refractivity contribution in [1.29, 1.82) is 0 Å². The summed E-state index contributed by atoms with van der Waals surface area (Å²) in [6.45, 7) is 17.3. The van der Waals surface area contributed by atoms with Gasteiger partial charge in [0.15, 0.2) is 5.82 Å². The highest BCUT2D eigenvalue weighted by Gasteiger charge is 2.32. The summed E-state index contributed by atoms with van der Waals surface area (Å²) in [4.78, 5) is 5.07. The van der Waals surface area contributed by atoms with Crippen LogP contribution in [0.3, 0.4) is 0 Å². The number of anilines is 1. The summed E-state index contributed by atoms with van der Waals surface area (Å²) in [5.74, 6) is 1.46. The molecule has 0 bridgehead atoms. The molecule has 0 saturated carbocycles. The van der Waals surface area contributed by atoms with E-state index in [1.165, 1.54) is 16.8 Å². The Kier molecular flexibility index (Phi) is 5.61. The van der Waals surface area contributed by atoms with E-state index in [-0.39, 0.29) is 12.1 Å². The van der Waals surface area contributed by atoms with E-state index in [1.54, 1.807) is 0 Å². The van der Waals surface area contributed by atoms with Crippen molar-refractivity contribution in [3.8, 4) is 0 Å². The van der Waals surface area contributed by atoms with E-state index in [4.69, 9.17) is 0 Å². The molecule has 6 heteroatoms. The SMILES string of the molecule is Cc1ccc(C)c(N2CCN([C@H](c3nnnn3C(C)C)C(C)C)CC2)c1. The molecule has 0 aliphatic carbocycles. The Labute approximate surface area is 157 Å². The van der Waals surface area contributed by atoms with Crippen LogP contribution in [0.1, 0.15) is 56.7 Å². The van der Waals surface area contributed by atoms with Gasteiger partial charge < -0.3 is 4.90 Å². The number of aryl methyl sites for hydroxylation is 2. The molecule has 1 saturated heterocycles. The minimum absolute atomic E-state index is 0.258. The van der Waals surface area contributed by atoms with Crippen molar-refractivity contribution in [1.82, 2.24) is 25.1 Å². The lowest BCUT2D eigenvalue weighted by Gasteiger charge is -2.41. The Bertz CT molecular complexity index is 728. The third kappa shape index (κ3) is 3.75. The van der Waals surface area contributed by atoms with Crippen LogP contribution < -0.4 is 4.90 Å². The van der Waals surface area contributed by atoms with Crippen LogP contribution >= 0.6 is 0 Å². The molecular weight excluding hydrogens is 324 g/mol. The Hall–Kier alpha value is -1.95. The minimum Gasteiger partial charge on any atom is -0.369 e. The van der Waals surface area contributed by atoms with Gasteiger partial charge in [-0.3, -0.25) is 4.90 Å². The molecule has 1 fully saturated rings. The summed E-state index contributed by atoms with van der Waals surface area (Å²) in [6.07, 6.45) is 0. The van der Waals surface area contributed by atoms with Gasteiger partial charge in [0.2, 0.25) is 0 Å². The van der Waals surface area contributed by atoms with Gasteiger partial charge in [0, 0.05) is 31.9 Å². The van der Waals surface area contributed by atoms with Crippen LogP contribution in [0.2, 0.25) is 0 Å². The topological polar surface area (TPSA) is 50.1 Å². The van der Waals surface area contributed by atoms with Crippen LogP contribution in [0.15, 0.2) is 18.2 Å². The van der Waals surface area contributed by atoms with E-state index < -0.39 is 0 Å². The molecule has 142 valence electrons. The van der Waals surface area contributed by atoms with Crippen molar-refractivity contribution >= 4 is 5.69 Å². The highest BCUT2D eigenvalue weighted by Crippen LogP contribution is 2.30. The smallest absolute Gasteiger partial charge is 0.168 e. The van der Waals surface area contributed by atoms with Gasteiger partial charge in [-0.15, -0.1) is 5.10 Å². The van der Waals surface area contributed by atoms with Crippen molar-refractivity contribution in [2.24, 2.45) is 5.92 Å². The predicted molar refractivity (Wildman–Crippen MR) is 105 cm³/mol. The number of aromatic nitrogens is 4. The van der Waals surface area contributed by atoms with E-state index in [0.29, 0.717) is 5.92 Å². The first kappa shape index (κ1) is 18.8. The molecule has 1 atom stereocenters. The molecule has 1 aromatic carbocycles. The molecule has 1 aromatic heterocycles. The summed E-state index contributed by atoms with van der Waals surface area (Å²) < 4.78 is 1.97. The summed E-state index contributed by atoms with van der Waals surface area (Å²) >= 11 is 0. The Morgan fingerprint density at radius 1 is 0.962 bits per heavy atom. The fourth-order valence-electron chi connectivity index (χ4n) is 3.95. The van der Waals surface area contributed by atoms with E-state index in [1.807, 2.05) is 4.68 Å². The monoisotopic (exact) mass is 356 g/mol. The summed E-state index contributed by atoms with van der Waals surface area (Å²) in [7, 11) is 0. The second-order valence-corrected chi connectivity index (χ2v) is 8.08. The predicted octanol–water partition coefficient (Wildman–Crippen LogP) is 3.39. The Balaban J connectivity index is 1.76. The zero-order chi connectivity index (χ0) is 18.8. The zero-order valence-corrected chi connectivity index (χ0v) is 17.0. The van der Waals surface area contributed by atoms with Gasteiger partial charge in [-0.1, -0.05) is 26.0 Å². The number of piperazine rings is 1. The largest absolute Gasteiger partial charge is 0.369 e. The molecular formula is C20H32N6. The maximum absolute atomic E-state index is 4.38. The molecule has 3 rings (SSSR count). The molecule has 1 aliphatic rings. The third-order valence-electron chi connectivity index (χ3n) is 5.32. The number of tetrazole rings is 1. The van der Waals surface area contributed by atoms with Crippen LogP contribution in [-0.4, -0.2) is 51.3 Å². The molecule has 2 heterocycles. The first-order valence-corrected chi connectivity index (χ1v) is 9.72. The van der Waals surface area contributed by atoms with Gasteiger partial charge in [0.05, 0.1) is 12.1 Å². The molecule has 0 amide bonds. The van der Waals surface area contributed by atoms with Gasteiger partial charge in [-0.25, -0.2) is 4.68 Å².